The van der Waals surface area contributed by atoms with Gasteiger partial charge >= 0.3 is 0 Å². The minimum absolute atomic E-state index is 0.875. The van der Waals surface area contributed by atoms with Gasteiger partial charge in [0.05, 0.1) is 6.54 Å². The SMILES string of the molecule is c1cc(SCc2ccc(C3=NCCCN3)cc2)cc(SCc2ccc(C3=NCCN3)cc2)c1. The van der Waals surface area contributed by atoms with Crippen molar-refractivity contribution in [2.45, 2.75) is 27.7 Å². The average molecular weight is 473 g/mol. The smallest absolute Gasteiger partial charge is 0.128 e. The van der Waals surface area contributed by atoms with Crippen LogP contribution in [-0.2, 0) is 11.5 Å². The number of hydrogen-bond donors (Lipinski definition) is 2. The number of rotatable bonds is 8. The Hall–Kier alpha value is -2.70. The Balaban J connectivity index is 1.14. The summed E-state index contributed by atoms with van der Waals surface area (Å²) in [6.45, 7) is 3.76. The highest BCUT2D eigenvalue weighted by molar-refractivity contribution is 7.99. The molecule has 4 nitrogen and oxygen atoms in total. The maximum atomic E-state index is 4.58. The number of amidine groups is 2. The van der Waals surface area contributed by atoms with Gasteiger partial charge in [0, 0.05) is 52.1 Å². The van der Waals surface area contributed by atoms with E-state index in [1.807, 2.05) is 23.5 Å². The van der Waals surface area contributed by atoms with Crippen molar-refractivity contribution < 1.29 is 0 Å². The predicted octanol–water partition coefficient (Wildman–Crippen LogP) is 5.36. The van der Waals surface area contributed by atoms with Crippen LogP contribution >= 0.6 is 23.5 Å². The molecule has 0 bridgehead atoms. The van der Waals surface area contributed by atoms with Crippen LogP contribution in [-0.4, -0.2) is 37.9 Å². The second-order valence-corrected chi connectivity index (χ2v) is 10.2. The lowest BCUT2D eigenvalue weighted by Crippen LogP contribution is -2.30. The third-order valence-electron chi connectivity index (χ3n) is 5.64. The lowest BCUT2D eigenvalue weighted by atomic mass is 10.1. The number of aliphatic imine (C=N–C) groups is 2. The minimum Gasteiger partial charge on any atom is -0.370 e. The minimum atomic E-state index is 0.875. The van der Waals surface area contributed by atoms with Gasteiger partial charge in [-0.1, -0.05) is 54.6 Å². The van der Waals surface area contributed by atoms with E-state index in [9.17, 15) is 0 Å². The molecule has 0 aromatic heterocycles. The normalized spacial score (nSPS) is 15.4. The van der Waals surface area contributed by atoms with Gasteiger partial charge in [0.15, 0.2) is 0 Å². The number of thioether (sulfide) groups is 2. The molecule has 0 unspecified atom stereocenters. The largest absolute Gasteiger partial charge is 0.370 e. The van der Waals surface area contributed by atoms with Crippen molar-refractivity contribution in [3.63, 3.8) is 0 Å². The Morgan fingerprint density at radius 1 is 0.636 bits per heavy atom. The van der Waals surface area contributed by atoms with Crippen molar-refractivity contribution in [3.8, 4) is 0 Å². The fraction of sp³-hybridized carbons (Fsp3) is 0.259. The van der Waals surface area contributed by atoms with Gasteiger partial charge in [-0.2, -0.15) is 0 Å². The van der Waals surface area contributed by atoms with Gasteiger partial charge in [-0.05, 0) is 35.7 Å². The van der Waals surface area contributed by atoms with Crippen molar-refractivity contribution in [1.29, 1.82) is 0 Å². The van der Waals surface area contributed by atoms with Crippen LogP contribution in [0.15, 0.2) is 92.6 Å². The standard InChI is InChI=1S/C27H28N4S2/c1-3-24(32-18-20-5-9-22(10-6-20)26-28-13-2-14-29-26)17-25(4-1)33-19-21-7-11-23(12-8-21)27-30-15-16-31-27/h1,3-12,17H,2,13-16,18-19H2,(H,28,29)(H,30,31). The Kier molecular flexibility index (Phi) is 7.33. The zero-order chi connectivity index (χ0) is 22.3. The molecule has 0 atom stereocenters. The number of nitrogens with one attached hydrogen (secondary N) is 2. The zero-order valence-corrected chi connectivity index (χ0v) is 20.2. The third kappa shape index (κ3) is 6.01. The van der Waals surface area contributed by atoms with Crippen molar-refractivity contribution in [2.75, 3.05) is 26.2 Å². The summed E-state index contributed by atoms with van der Waals surface area (Å²) < 4.78 is 0. The summed E-state index contributed by atoms with van der Waals surface area (Å²) in [6.07, 6.45) is 1.12. The Bertz CT molecular complexity index is 1140. The Morgan fingerprint density at radius 2 is 1.18 bits per heavy atom. The molecule has 0 saturated carbocycles. The molecule has 2 heterocycles. The highest BCUT2D eigenvalue weighted by atomic mass is 32.2. The zero-order valence-electron chi connectivity index (χ0n) is 18.6. The van der Waals surface area contributed by atoms with Gasteiger partial charge < -0.3 is 10.6 Å². The van der Waals surface area contributed by atoms with Gasteiger partial charge in [-0.3, -0.25) is 9.98 Å². The van der Waals surface area contributed by atoms with Crippen molar-refractivity contribution >= 4 is 35.2 Å². The molecule has 3 aromatic carbocycles. The van der Waals surface area contributed by atoms with E-state index in [1.165, 1.54) is 32.0 Å². The molecule has 33 heavy (non-hydrogen) atoms. The van der Waals surface area contributed by atoms with Crippen LogP contribution in [0.1, 0.15) is 28.7 Å². The molecule has 0 aliphatic carbocycles. The van der Waals surface area contributed by atoms with Crippen molar-refractivity contribution in [3.05, 3.63) is 95.1 Å². The first-order chi connectivity index (χ1) is 16.3. The lowest BCUT2D eigenvalue weighted by Gasteiger charge is -2.14. The molecular weight excluding hydrogens is 444 g/mol. The molecule has 5 rings (SSSR count). The molecule has 6 heteroatoms. The van der Waals surface area contributed by atoms with E-state index >= 15 is 0 Å². The molecule has 0 radical (unpaired) electrons. The quantitative estimate of drug-likeness (QED) is 0.433. The van der Waals surface area contributed by atoms with E-state index in [1.54, 1.807) is 0 Å². The summed E-state index contributed by atoms with van der Waals surface area (Å²) in [5.41, 5.74) is 5.02. The predicted molar refractivity (Wildman–Crippen MR) is 142 cm³/mol. The number of benzene rings is 3. The molecule has 0 fully saturated rings. The summed E-state index contributed by atoms with van der Waals surface area (Å²) in [5.74, 6) is 3.98. The molecule has 168 valence electrons. The first-order valence-electron chi connectivity index (χ1n) is 11.4. The van der Waals surface area contributed by atoms with Crippen LogP contribution in [0.25, 0.3) is 0 Å². The molecule has 2 aliphatic rings. The third-order valence-corrected chi connectivity index (χ3v) is 7.77. The Labute approximate surface area is 204 Å². The van der Waals surface area contributed by atoms with Crippen LogP contribution in [0, 0.1) is 0 Å². The van der Waals surface area contributed by atoms with Gasteiger partial charge in [0.1, 0.15) is 11.7 Å². The molecule has 0 saturated heterocycles. The fourth-order valence-corrected chi connectivity index (χ4v) is 5.72. The summed E-state index contributed by atoms with van der Waals surface area (Å²) in [5, 5.41) is 6.72. The first kappa shape index (κ1) is 22.1. The first-order valence-corrected chi connectivity index (χ1v) is 13.4. The molecule has 3 aromatic rings. The summed E-state index contributed by atoms with van der Waals surface area (Å²) in [6, 6.07) is 26.4. The van der Waals surface area contributed by atoms with E-state index in [0.717, 1.165) is 55.8 Å². The second-order valence-electron chi connectivity index (χ2n) is 8.11. The molecule has 2 aliphatic heterocycles. The van der Waals surface area contributed by atoms with Gasteiger partial charge in [-0.15, -0.1) is 23.5 Å². The molecule has 0 amide bonds. The van der Waals surface area contributed by atoms with E-state index < -0.39 is 0 Å². The fourth-order valence-electron chi connectivity index (χ4n) is 3.82. The summed E-state index contributed by atoms with van der Waals surface area (Å²) in [7, 11) is 0. The summed E-state index contributed by atoms with van der Waals surface area (Å²) in [4.78, 5) is 11.7. The molecule has 2 N–H and O–H groups in total. The van der Waals surface area contributed by atoms with Gasteiger partial charge in [-0.25, -0.2) is 0 Å². The van der Waals surface area contributed by atoms with E-state index in [2.05, 4.69) is 93.4 Å². The topological polar surface area (TPSA) is 48.8 Å². The maximum absolute atomic E-state index is 4.58. The highest BCUT2D eigenvalue weighted by Gasteiger charge is 2.08. The second kappa shape index (κ2) is 10.9. The lowest BCUT2D eigenvalue weighted by molar-refractivity contribution is 0.742. The maximum Gasteiger partial charge on any atom is 0.128 e. The average Bonchev–Trinajstić information content (AvgIpc) is 3.43. The van der Waals surface area contributed by atoms with Crippen LogP contribution < -0.4 is 10.6 Å². The van der Waals surface area contributed by atoms with E-state index in [0.29, 0.717) is 0 Å². The molecular formula is C27H28N4S2. The number of nitrogens with zero attached hydrogens (tertiary/aromatic N) is 2. The Morgan fingerprint density at radius 3 is 1.67 bits per heavy atom. The molecule has 0 spiro atoms. The van der Waals surface area contributed by atoms with Crippen molar-refractivity contribution in [2.24, 2.45) is 9.98 Å². The van der Waals surface area contributed by atoms with Crippen LogP contribution in [0.3, 0.4) is 0 Å². The monoisotopic (exact) mass is 472 g/mol. The van der Waals surface area contributed by atoms with Gasteiger partial charge in [0.25, 0.3) is 0 Å². The van der Waals surface area contributed by atoms with Crippen molar-refractivity contribution in [1.82, 2.24) is 10.6 Å². The van der Waals surface area contributed by atoms with Gasteiger partial charge in [0.2, 0.25) is 0 Å². The highest BCUT2D eigenvalue weighted by Crippen LogP contribution is 2.29. The van der Waals surface area contributed by atoms with Crippen LogP contribution in [0.5, 0.6) is 0 Å². The van der Waals surface area contributed by atoms with E-state index in [-0.39, 0.29) is 0 Å². The van der Waals surface area contributed by atoms with Crippen LogP contribution in [0.4, 0.5) is 0 Å². The van der Waals surface area contributed by atoms with E-state index in [4.69, 9.17) is 0 Å². The summed E-state index contributed by atoms with van der Waals surface area (Å²) >= 11 is 3.77. The number of hydrogen-bond acceptors (Lipinski definition) is 6. The van der Waals surface area contributed by atoms with Crippen LogP contribution in [0.2, 0.25) is 0 Å².